The van der Waals surface area contributed by atoms with Crippen molar-refractivity contribution >= 4 is 29.1 Å². The number of nitrogens with zero attached hydrogens (tertiary/aromatic N) is 4. The summed E-state index contributed by atoms with van der Waals surface area (Å²) in [6.45, 7) is 3.95. The van der Waals surface area contributed by atoms with Gasteiger partial charge in [0, 0.05) is 18.1 Å². The normalized spacial score (nSPS) is 10.8. The monoisotopic (exact) mass is 313 g/mol. The lowest BCUT2D eigenvalue weighted by atomic mass is 10.1. The maximum absolute atomic E-state index is 12.1. The van der Waals surface area contributed by atoms with Gasteiger partial charge in [-0.25, -0.2) is 9.50 Å². The molecule has 7 heteroatoms. The van der Waals surface area contributed by atoms with E-state index in [0.29, 0.717) is 10.9 Å². The molecule has 0 radical (unpaired) electrons. The first kappa shape index (κ1) is 14.5. The van der Waals surface area contributed by atoms with Crippen molar-refractivity contribution in [1.82, 2.24) is 19.6 Å². The van der Waals surface area contributed by atoms with E-state index in [4.69, 9.17) is 0 Å². The molecule has 2 heterocycles. The number of aryl methyl sites for hydroxylation is 2. The molecule has 0 aliphatic carbocycles. The van der Waals surface area contributed by atoms with Gasteiger partial charge in [-0.05, 0) is 31.0 Å². The first-order valence-corrected chi connectivity index (χ1v) is 7.78. The summed E-state index contributed by atoms with van der Waals surface area (Å²) in [5.74, 6) is 0.708. The van der Waals surface area contributed by atoms with Crippen LogP contribution in [-0.2, 0) is 4.79 Å². The average molecular weight is 313 g/mol. The Balaban J connectivity index is 1.65. The molecule has 2 aromatic heterocycles. The van der Waals surface area contributed by atoms with E-state index in [0.717, 1.165) is 16.8 Å². The van der Waals surface area contributed by atoms with Crippen LogP contribution in [0.4, 0.5) is 5.69 Å². The molecule has 0 unspecified atom stereocenters. The highest BCUT2D eigenvalue weighted by Crippen LogP contribution is 2.20. The van der Waals surface area contributed by atoms with Crippen LogP contribution in [0.15, 0.2) is 41.8 Å². The van der Waals surface area contributed by atoms with Gasteiger partial charge in [0.1, 0.15) is 0 Å². The standard InChI is InChI=1S/C15H15N5OS/c1-10-5-3-6-11(2)13(10)17-12(21)9-22-15-18-14-16-7-4-8-20(14)19-15/h3-8H,9H2,1-2H3,(H,17,21). The van der Waals surface area contributed by atoms with Crippen LogP contribution in [0.3, 0.4) is 0 Å². The highest BCUT2D eigenvalue weighted by atomic mass is 32.2. The molecule has 22 heavy (non-hydrogen) atoms. The smallest absolute Gasteiger partial charge is 0.253 e. The number of rotatable bonds is 4. The third kappa shape index (κ3) is 3.09. The van der Waals surface area contributed by atoms with E-state index in [9.17, 15) is 4.79 Å². The second-order valence-electron chi connectivity index (χ2n) is 4.86. The Labute approximate surface area is 132 Å². The van der Waals surface area contributed by atoms with Gasteiger partial charge in [0.2, 0.25) is 11.1 Å². The van der Waals surface area contributed by atoms with Gasteiger partial charge in [-0.2, -0.15) is 4.98 Å². The van der Waals surface area contributed by atoms with Crippen molar-refractivity contribution in [3.05, 3.63) is 47.8 Å². The second-order valence-corrected chi connectivity index (χ2v) is 5.80. The van der Waals surface area contributed by atoms with Gasteiger partial charge in [-0.1, -0.05) is 30.0 Å². The molecule has 0 fully saturated rings. The molecule has 112 valence electrons. The van der Waals surface area contributed by atoms with Crippen molar-refractivity contribution in [2.45, 2.75) is 19.0 Å². The predicted molar refractivity (Wildman–Crippen MR) is 86.1 cm³/mol. The molecule has 0 atom stereocenters. The molecular weight excluding hydrogens is 298 g/mol. The molecule has 0 saturated carbocycles. The molecule has 3 rings (SSSR count). The van der Waals surface area contributed by atoms with Crippen LogP contribution in [0.25, 0.3) is 5.78 Å². The minimum absolute atomic E-state index is 0.0748. The zero-order chi connectivity index (χ0) is 15.5. The Morgan fingerprint density at radius 1 is 1.27 bits per heavy atom. The van der Waals surface area contributed by atoms with E-state index in [2.05, 4.69) is 20.4 Å². The largest absolute Gasteiger partial charge is 0.325 e. The number of thioether (sulfide) groups is 1. The summed E-state index contributed by atoms with van der Waals surface area (Å²) >= 11 is 1.29. The second kappa shape index (κ2) is 6.15. The van der Waals surface area contributed by atoms with E-state index in [1.54, 1.807) is 23.0 Å². The summed E-state index contributed by atoms with van der Waals surface area (Å²) in [6.07, 6.45) is 3.43. The van der Waals surface area contributed by atoms with Gasteiger partial charge in [-0.3, -0.25) is 4.79 Å². The number of aromatic nitrogens is 4. The molecule has 0 saturated heterocycles. The van der Waals surface area contributed by atoms with Crippen LogP contribution < -0.4 is 5.32 Å². The first-order chi connectivity index (χ1) is 10.6. The number of carbonyl (C=O) groups excluding carboxylic acids is 1. The Kier molecular flexibility index (Phi) is 4.06. The number of benzene rings is 1. The average Bonchev–Trinajstić information content (AvgIpc) is 2.92. The van der Waals surface area contributed by atoms with Gasteiger partial charge in [0.15, 0.2) is 0 Å². The van der Waals surface area contributed by atoms with Crippen LogP contribution >= 0.6 is 11.8 Å². The maximum Gasteiger partial charge on any atom is 0.253 e. The zero-order valence-corrected chi connectivity index (χ0v) is 13.1. The fourth-order valence-electron chi connectivity index (χ4n) is 2.09. The van der Waals surface area contributed by atoms with Gasteiger partial charge >= 0.3 is 0 Å². The number of amides is 1. The quantitative estimate of drug-likeness (QED) is 0.749. The topological polar surface area (TPSA) is 72.2 Å². The highest BCUT2D eigenvalue weighted by molar-refractivity contribution is 7.99. The van der Waals surface area contributed by atoms with Crippen molar-refractivity contribution in [1.29, 1.82) is 0 Å². The van der Waals surface area contributed by atoms with Gasteiger partial charge in [0.25, 0.3) is 5.78 Å². The van der Waals surface area contributed by atoms with Crippen molar-refractivity contribution in [2.24, 2.45) is 0 Å². The number of anilines is 1. The third-order valence-corrected chi connectivity index (χ3v) is 4.01. The number of carbonyl (C=O) groups is 1. The Morgan fingerprint density at radius 2 is 2.05 bits per heavy atom. The summed E-state index contributed by atoms with van der Waals surface area (Å²) in [5, 5.41) is 7.73. The minimum Gasteiger partial charge on any atom is -0.325 e. The van der Waals surface area contributed by atoms with E-state index in [1.165, 1.54) is 11.8 Å². The number of hydrogen-bond donors (Lipinski definition) is 1. The van der Waals surface area contributed by atoms with E-state index < -0.39 is 0 Å². The molecule has 1 N–H and O–H groups in total. The number of hydrogen-bond acceptors (Lipinski definition) is 5. The SMILES string of the molecule is Cc1cccc(C)c1NC(=O)CSc1nc2ncccn2n1. The molecule has 0 bridgehead atoms. The van der Waals surface area contributed by atoms with Crippen LogP contribution in [0.1, 0.15) is 11.1 Å². The van der Waals surface area contributed by atoms with Gasteiger partial charge in [-0.15, -0.1) is 5.10 Å². The van der Waals surface area contributed by atoms with Gasteiger partial charge in [0.05, 0.1) is 5.75 Å². The number of nitrogens with one attached hydrogen (secondary N) is 1. The number of fused-ring (bicyclic) bond motifs is 1. The molecule has 0 aliphatic heterocycles. The van der Waals surface area contributed by atoms with Crippen LogP contribution in [0.2, 0.25) is 0 Å². The highest BCUT2D eigenvalue weighted by Gasteiger charge is 2.10. The van der Waals surface area contributed by atoms with Crippen LogP contribution in [-0.4, -0.2) is 31.2 Å². The van der Waals surface area contributed by atoms with E-state index >= 15 is 0 Å². The molecular formula is C15H15N5OS. The predicted octanol–water partition coefficient (Wildman–Crippen LogP) is 2.47. The lowest BCUT2D eigenvalue weighted by Crippen LogP contribution is -2.15. The first-order valence-electron chi connectivity index (χ1n) is 6.80. The van der Waals surface area contributed by atoms with Crippen molar-refractivity contribution in [3.63, 3.8) is 0 Å². The molecule has 0 aliphatic rings. The molecule has 0 spiro atoms. The summed E-state index contributed by atoms with van der Waals surface area (Å²) in [6, 6.07) is 7.71. The molecule has 6 nitrogen and oxygen atoms in total. The Morgan fingerprint density at radius 3 is 2.77 bits per heavy atom. The van der Waals surface area contributed by atoms with Crippen molar-refractivity contribution in [3.8, 4) is 0 Å². The third-order valence-electron chi connectivity index (χ3n) is 3.18. The lowest BCUT2D eigenvalue weighted by Gasteiger charge is -2.10. The Bertz CT molecular complexity index is 776. The molecule has 1 amide bonds. The van der Waals surface area contributed by atoms with Gasteiger partial charge < -0.3 is 5.32 Å². The lowest BCUT2D eigenvalue weighted by molar-refractivity contribution is -0.113. The van der Waals surface area contributed by atoms with Crippen molar-refractivity contribution in [2.75, 3.05) is 11.1 Å². The van der Waals surface area contributed by atoms with E-state index in [1.807, 2.05) is 32.0 Å². The summed E-state index contributed by atoms with van der Waals surface area (Å²) in [5.41, 5.74) is 2.97. The summed E-state index contributed by atoms with van der Waals surface area (Å²) in [7, 11) is 0. The fourth-order valence-corrected chi connectivity index (χ4v) is 2.72. The fraction of sp³-hybridized carbons (Fsp3) is 0.200. The minimum atomic E-state index is -0.0748. The molecule has 1 aromatic carbocycles. The Hall–Kier alpha value is -2.41. The number of para-hydroxylation sites is 1. The van der Waals surface area contributed by atoms with Crippen molar-refractivity contribution < 1.29 is 4.79 Å². The maximum atomic E-state index is 12.1. The zero-order valence-electron chi connectivity index (χ0n) is 12.3. The van der Waals surface area contributed by atoms with Crippen LogP contribution in [0.5, 0.6) is 0 Å². The summed E-state index contributed by atoms with van der Waals surface area (Å²) < 4.78 is 1.59. The molecule has 3 aromatic rings. The van der Waals surface area contributed by atoms with Crippen LogP contribution in [0, 0.1) is 13.8 Å². The van der Waals surface area contributed by atoms with E-state index in [-0.39, 0.29) is 11.7 Å². The summed E-state index contributed by atoms with van der Waals surface area (Å²) in [4.78, 5) is 20.4.